The Balaban J connectivity index is 2.24. The normalized spacial score (nSPS) is 22.2. The van der Waals surface area contributed by atoms with Gasteiger partial charge in [-0.05, 0) is 43.1 Å². The first kappa shape index (κ1) is 9.81. The summed E-state index contributed by atoms with van der Waals surface area (Å²) < 4.78 is 0. The third kappa shape index (κ3) is 2.02. The van der Waals surface area contributed by atoms with Crippen LogP contribution in [0.3, 0.4) is 0 Å². The van der Waals surface area contributed by atoms with Gasteiger partial charge in [-0.1, -0.05) is 11.6 Å². The van der Waals surface area contributed by atoms with E-state index in [1.165, 1.54) is 0 Å². The lowest BCUT2D eigenvalue weighted by atomic mass is 9.91. The van der Waals surface area contributed by atoms with E-state index in [-0.39, 0.29) is 0 Å². The van der Waals surface area contributed by atoms with Gasteiger partial charge in [-0.2, -0.15) is 0 Å². The molecule has 76 valence electrons. The van der Waals surface area contributed by atoms with Crippen molar-refractivity contribution in [3.8, 4) is 5.75 Å². The Bertz CT molecular complexity index is 321. The Morgan fingerprint density at radius 2 is 2.29 bits per heavy atom. The van der Waals surface area contributed by atoms with E-state index in [4.69, 9.17) is 11.6 Å². The summed E-state index contributed by atoms with van der Waals surface area (Å²) in [5.74, 6) is 0.769. The molecule has 0 aliphatic carbocycles. The zero-order valence-electron chi connectivity index (χ0n) is 7.96. The highest BCUT2D eigenvalue weighted by atomic mass is 35.5. The van der Waals surface area contributed by atoms with Gasteiger partial charge in [-0.25, -0.2) is 0 Å². The Kier molecular flexibility index (Phi) is 2.94. The van der Waals surface area contributed by atoms with E-state index in [9.17, 15) is 5.11 Å². The first-order valence-corrected chi connectivity index (χ1v) is 5.34. The fourth-order valence-corrected chi connectivity index (χ4v) is 2.15. The van der Waals surface area contributed by atoms with E-state index in [1.807, 2.05) is 6.07 Å². The Morgan fingerprint density at radius 3 is 3.00 bits per heavy atom. The molecule has 0 saturated carbocycles. The number of halogens is 1. The van der Waals surface area contributed by atoms with Crippen LogP contribution in [0.4, 0.5) is 0 Å². The molecule has 0 bridgehead atoms. The van der Waals surface area contributed by atoms with Crippen LogP contribution < -0.4 is 5.32 Å². The van der Waals surface area contributed by atoms with Gasteiger partial charge in [0.05, 0.1) is 0 Å². The minimum Gasteiger partial charge on any atom is -0.508 e. The Morgan fingerprint density at radius 1 is 1.43 bits per heavy atom. The van der Waals surface area contributed by atoms with Crippen molar-refractivity contribution in [2.75, 3.05) is 13.1 Å². The van der Waals surface area contributed by atoms with Gasteiger partial charge in [0.25, 0.3) is 0 Å². The van der Waals surface area contributed by atoms with Gasteiger partial charge >= 0.3 is 0 Å². The van der Waals surface area contributed by atoms with Gasteiger partial charge < -0.3 is 10.4 Å². The highest BCUT2D eigenvalue weighted by Crippen LogP contribution is 2.32. The van der Waals surface area contributed by atoms with Crippen molar-refractivity contribution in [3.63, 3.8) is 0 Å². The van der Waals surface area contributed by atoms with Crippen molar-refractivity contribution >= 4 is 11.6 Å². The molecule has 0 aromatic heterocycles. The average Bonchev–Trinajstić information content (AvgIpc) is 2.23. The number of rotatable bonds is 1. The Labute approximate surface area is 88.9 Å². The van der Waals surface area contributed by atoms with E-state index in [0.717, 1.165) is 31.5 Å². The first-order chi connectivity index (χ1) is 6.77. The van der Waals surface area contributed by atoms with Gasteiger partial charge in [0.2, 0.25) is 0 Å². The van der Waals surface area contributed by atoms with Crippen LogP contribution in [0.2, 0.25) is 5.02 Å². The molecular weight excluding hydrogens is 198 g/mol. The number of piperidine rings is 1. The lowest BCUT2D eigenvalue weighted by Crippen LogP contribution is -2.28. The number of benzene rings is 1. The molecule has 1 aromatic rings. The molecule has 1 aromatic carbocycles. The SMILES string of the molecule is Oc1ccc(Cl)cc1C1CCCNC1. The molecule has 2 rings (SSSR count). The molecule has 0 radical (unpaired) electrons. The second-order valence-corrected chi connectivity index (χ2v) is 4.18. The summed E-state index contributed by atoms with van der Waals surface area (Å²) in [7, 11) is 0. The summed E-state index contributed by atoms with van der Waals surface area (Å²) in [6.45, 7) is 2.02. The largest absolute Gasteiger partial charge is 0.508 e. The van der Waals surface area contributed by atoms with E-state index in [1.54, 1.807) is 12.1 Å². The van der Waals surface area contributed by atoms with Gasteiger partial charge in [0.15, 0.2) is 0 Å². The molecule has 1 saturated heterocycles. The maximum atomic E-state index is 9.70. The fraction of sp³-hybridized carbons (Fsp3) is 0.455. The molecule has 1 heterocycles. The third-order valence-corrected chi connectivity index (χ3v) is 2.96. The summed E-state index contributed by atoms with van der Waals surface area (Å²) in [4.78, 5) is 0. The highest BCUT2D eigenvalue weighted by Gasteiger charge is 2.18. The number of aromatic hydroxyl groups is 1. The smallest absolute Gasteiger partial charge is 0.119 e. The molecule has 1 fully saturated rings. The quantitative estimate of drug-likeness (QED) is 0.748. The number of phenolic OH excluding ortho intramolecular Hbond substituents is 1. The van der Waals surface area contributed by atoms with Crippen LogP contribution >= 0.6 is 11.6 Å². The van der Waals surface area contributed by atoms with Crippen LogP contribution in [-0.2, 0) is 0 Å². The minimum atomic E-state index is 0.364. The summed E-state index contributed by atoms with van der Waals surface area (Å²) in [5, 5.41) is 13.7. The van der Waals surface area contributed by atoms with Crippen molar-refractivity contribution in [3.05, 3.63) is 28.8 Å². The van der Waals surface area contributed by atoms with E-state index in [2.05, 4.69) is 5.32 Å². The van der Waals surface area contributed by atoms with E-state index < -0.39 is 0 Å². The molecule has 3 heteroatoms. The molecule has 1 unspecified atom stereocenters. The molecule has 1 aliphatic rings. The first-order valence-electron chi connectivity index (χ1n) is 4.96. The second kappa shape index (κ2) is 4.20. The van der Waals surface area contributed by atoms with Crippen LogP contribution in [0.1, 0.15) is 24.3 Å². The van der Waals surface area contributed by atoms with Crippen molar-refractivity contribution in [2.45, 2.75) is 18.8 Å². The fourth-order valence-electron chi connectivity index (χ4n) is 1.97. The summed E-state index contributed by atoms with van der Waals surface area (Å²) in [6, 6.07) is 5.26. The molecule has 0 spiro atoms. The topological polar surface area (TPSA) is 32.3 Å². The van der Waals surface area contributed by atoms with Gasteiger partial charge in [0.1, 0.15) is 5.75 Å². The minimum absolute atomic E-state index is 0.364. The van der Waals surface area contributed by atoms with Crippen molar-refractivity contribution in [1.29, 1.82) is 0 Å². The van der Waals surface area contributed by atoms with Gasteiger partial charge in [0, 0.05) is 17.5 Å². The van der Waals surface area contributed by atoms with Gasteiger partial charge in [-0.15, -0.1) is 0 Å². The zero-order valence-corrected chi connectivity index (χ0v) is 8.72. The zero-order chi connectivity index (χ0) is 9.97. The third-order valence-electron chi connectivity index (χ3n) is 2.73. The summed E-state index contributed by atoms with van der Waals surface area (Å²) >= 11 is 5.90. The van der Waals surface area contributed by atoms with E-state index in [0.29, 0.717) is 16.7 Å². The van der Waals surface area contributed by atoms with Crippen molar-refractivity contribution in [2.24, 2.45) is 0 Å². The molecule has 1 atom stereocenters. The van der Waals surface area contributed by atoms with Crippen LogP contribution in [0, 0.1) is 0 Å². The average molecular weight is 212 g/mol. The highest BCUT2D eigenvalue weighted by molar-refractivity contribution is 6.30. The maximum Gasteiger partial charge on any atom is 0.119 e. The van der Waals surface area contributed by atoms with Crippen LogP contribution in [0.5, 0.6) is 5.75 Å². The lowest BCUT2D eigenvalue weighted by molar-refractivity contribution is 0.425. The molecule has 0 amide bonds. The number of hydrogen-bond acceptors (Lipinski definition) is 2. The predicted octanol–water partition coefficient (Wildman–Crippen LogP) is 2.51. The number of phenols is 1. The lowest BCUT2D eigenvalue weighted by Gasteiger charge is -2.23. The predicted molar refractivity (Wildman–Crippen MR) is 58.0 cm³/mol. The standard InChI is InChI=1S/C11H14ClNO/c12-9-3-4-11(14)10(6-9)8-2-1-5-13-7-8/h3-4,6,8,13-14H,1-2,5,7H2. The van der Waals surface area contributed by atoms with Crippen molar-refractivity contribution < 1.29 is 5.11 Å². The van der Waals surface area contributed by atoms with Crippen LogP contribution in [0.25, 0.3) is 0 Å². The monoisotopic (exact) mass is 211 g/mol. The van der Waals surface area contributed by atoms with Crippen LogP contribution in [-0.4, -0.2) is 18.2 Å². The van der Waals surface area contributed by atoms with E-state index >= 15 is 0 Å². The number of nitrogens with one attached hydrogen (secondary N) is 1. The maximum absolute atomic E-state index is 9.70. The Hall–Kier alpha value is -0.730. The second-order valence-electron chi connectivity index (χ2n) is 3.75. The summed E-state index contributed by atoms with van der Waals surface area (Å²) in [6.07, 6.45) is 2.29. The number of hydrogen-bond donors (Lipinski definition) is 2. The molecular formula is C11H14ClNO. The molecule has 14 heavy (non-hydrogen) atoms. The van der Waals surface area contributed by atoms with Gasteiger partial charge in [-0.3, -0.25) is 0 Å². The van der Waals surface area contributed by atoms with Crippen LogP contribution in [0.15, 0.2) is 18.2 Å². The van der Waals surface area contributed by atoms with Crippen molar-refractivity contribution in [1.82, 2.24) is 5.32 Å². The molecule has 1 aliphatic heterocycles. The molecule has 2 nitrogen and oxygen atoms in total. The molecule has 2 N–H and O–H groups in total. The summed E-state index contributed by atoms with van der Waals surface area (Å²) in [5.41, 5.74) is 0.977.